The Morgan fingerprint density at radius 3 is 2.48 bits per heavy atom. The summed E-state index contributed by atoms with van der Waals surface area (Å²) in [5.41, 5.74) is 0.539. The average molecular weight is 286 g/mol. The standard InChI is InChI=1S/C18H26N2O/c1-13(2)17-10-5-14(3)11-18(17,12-19)20-15-6-8-16(21-4)9-7-15/h6-9,13-14,17,20H,5,10-11H2,1-4H3. The number of rotatable bonds is 4. The number of hydrogen-bond donors (Lipinski definition) is 1. The summed E-state index contributed by atoms with van der Waals surface area (Å²) in [7, 11) is 1.66. The van der Waals surface area contributed by atoms with Crippen LogP contribution in [0.4, 0.5) is 5.69 Å². The molecule has 3 heteroatoms. The molecule has 0 heterocycles. The van der Waals surface area contributed by atoms with Crippen LogP contribution in [0.2, 0.25) is 0 Å². The average Bonchev–Trinajstić information content (AvgIpc) is 2.47. The van der Waals surface area contributed by atoms with E-state index in [9.17, 15) is 5.26 Å². The van der Waals surface area contributed by atoms with Gasteiger partial charge in [-0.1, -0.05) is 27.2 Å². The van der Waals surface area contributed by atoms with E-state index < -0.39 is 5.54 Å². The summed E-state index contributed by atoms with van der Waals surface area (Å²) in [4.78, 5) is 0. The highest BCUT2D eigenvalue weighted by Crippen LogP contribution is 2.42. The Kier molecular flexibility index (Phi) is 4.77. The summed E-state index contributed by atoms with van der Waals surface area (Å²) in [6.07, 6.45) is 3.25. The van der Waals surface area contributed by atoms with Gasteiger partial charge in [-0.05, 0) is 54.9 Å². The Morgan fingerprint density at radius 1 is 1.29 bits per heavy atom. The van der Waals surface area contributed by atoms with Gasteiger partial charge < -0.3 is 10.1 Å². The van der Waals surface area contributed by atoms with Crippen LogP contribution >= 0.6 is 0 Å². The van der Waals surface area contributed by atoms with E-state index in [1.54, 1.807) is 7.11 Å². The molecule has 2 rings (SSSR count). The van der Waals surface area contributed by atoms with Gasteiger partial charge in [0.15, 0.2) is 0 Å². The third-order valence-corrected chi connectivity index (χ3v) is 4.74. The lowest BCUT2D eigenvalue weighted by atomic mass is 9.65. The summed E-state index contributed by atoms with van der Waals surface area (Å²) in [6, 6.07) is 10.5. The largest absolute Gasteiger partial charge is 0.497 e. The number of methoxy groups -OCH3 is 1. The second-order valence-electron chi connectivity index (χ2n) is 6.67. The maximum Gasteiger partial charge on any atom is 0.128 e. The molecule has 0 radical (unpaired) electrons. The highest BCUT2D eigenvalue weighted by atomic mass is 16.5. The molecule has 0 aromatic heterocycles. The van der Waals surface area contributed by atoms with E-state index in [1.165, 1.54) is 6.42 Å². The van der Waals surface area contributed by atoms with Crippen LogP contribution in [0.1, 0.15) is 40.0 Å². The third-order valence-electron chi connectivity index (χ3n) is 4.74. The maximum atomic E-state index is 9.90. The number of nitrogens with one attached hydrogen (secondary N) is 1. The van der Waals surface area contributed by atoms with Crippen molar-refractivity contribution in [2.75, 3.05) is 12.4 Å². The molecule has 1 aliphatic carbocycles. The fourth-order valence-electron chi connectivity index (χ4n) is 3.65. The Bertz CT molecular complexity index is 503. The monoisotopic (exact) mass is 286 g/mol. The number of nitriles is 1. The molecule has 3 nitrogen and oxygen atoms in total. The lowest BCUT2D eigenvalue weighted by Crippen LogP contribution is -2.50. The second kappa shape index (κ2) is 6.39. The predicted molar refractivity (Wildman–Crippen MR) is 86.3 cm³/mol. The van der Waals surface area contributed by atoms with E-state index >= 15 is 0 Å². The molecule has 114 valence electrons. The number of hydrogen-bond acceptors (Lipinski definition) is 3. The fourth-order valence-corrected chi connectivity index (χ4v) is 3.65. The van der Waals surface area contributed by atoms with Crippen molar-refractivity contribution in [3.8, 4) is 11.8 Å². The summed E-state index contributed by atoms with van der Waals surface area (Å²) in [5.74, 6) is 2.32. The Morgan fingerprint density at radius 2 is 1.95 bits per heavy atom. The van der Waals surface area contributed by atoms with E-state index in [0.29, 0.717) is 17.8 Å². The van der Waals surface area contributed by atoms with Crippen molar-refractivity contribution < 1.29 is 4.74 Å². The zero-order valence-electron chi connectivity index (χ0n) is 13.5. The molecular weight excluding hydrogens is 260 g/mol. The van der Waals surface area contributed by atoms with Crippen LogP contribution in [0.15, 0.2) is 24.3 Å². The normalized spacial score (nSPS) is 29.0. The molecule has 1 saturated carbocycles. The smallest absolute Gasteiger partial charge is 0.128 e. The van der Waals surface area contributed by atoms with E-state index in [1.807, 2.05) is 24.3 Å². The minimum absolute atomic E-state index is 0.390. The van der Waals surface area contributed by atoms with Crippen molar-refractivity contribution in [1.82, 2.24) is 0 Å². The molecule has 3 atom stereocenters. The van der Waals surface area contributed by atoms with Crippen molar-refractivity contribution in [3.05, 3.63) is 24.3 Å². The summed E-state index contributed by atoms with van der Waals surface area (Å²) in [6.45, 7) is 6.70. The molecule has 1 aromatic rings. The van der Waals surface area contributed by atoms with Gasteiger partial charge in [0, 0.05) is 5.69 Å². The molecule has 1 fully saturated rings. The van der Waals surface area contributed by atoms with Gasteiger partial charge in [0.1, 0.15) is 11.3 Å². The molecule has 0 saturated heterocycles. The van der Waals surface area contributed by atoms with Crippen LogP contribution in [0, 0.1) is 29.1 Å². The molecule has 0 aliphatic heterocycles. The van der Waals surface area contributed by atoms with Crippen LogP contribution in [-0.4, -0.2) is 12.6 Å². The first-order valence-electron chi connectivity index (χ1n) is 7.84. The highest BCUT2D eigenvalue weighted by Gasteiger charge is 2.44. The molecule has 21 heavy (non-hydrogen) atoms. The van der Waals surface area contributed by atoms with Crippen LogP contribution in [0.25, 0.3) is 0 Å². The van der Waals surface area contributed by atoms with Crippen LogP contribution in [-0.2, 0) is 0 Å². The van der Waals surface area contributed by atoms with Crippen molar-refractivity contribution in [3.63, 3.8) is 0 Å². The van der Waals surface area contributed by atoms with E-state index in [0.717, 1.165) is 24.3 Å². The van der Waals surface area contributed by atoms with Gasteiger partial charge >= 0.3 is 0 Å². The van der Waals surface area contributed by atoms with Gasteiger partial charge in [-0.3, -0.25) is 0 Å². The molecule has 1 aromatic carbocycles. The molecule has 0 bridgehead atoms. The van der Waals surface area contributed by atoms with E-state index in [4.69, 9.17) is 4.74 Å². The highest BCUT2D eigenvalue weighted by molar-refractivity contribution is 5.50. The molecule has 1 N–H and O–H groups in total. The summed E-state index contributed by atoms with van der Waals surface area (Å²) < 4.78 is 5.19. The fraction of sp³-hybridized carbons (Fsp3) is 0.611. The number of anilines is 1. The van der Waals surface area contributed by atoms with Gasteiger partial charge in [-0.2, -0.15) is 5.26 Å². The van der Waals surface area contributed by atoms with Crippen molar-refractivity contribution in [2.45, 2.75) is 45.6 Å². The third kappa shape index (κ3) is 3.32. The topological polar surface area (TPSA) is 45.0 Å². The molecule has 3 unspecified atom stereocenters. The second-order valence-corrected chi connectivity index (χ2v) is 6.67. The molecular formula is C18H26N2O. The number of ether oxygens (including phenoxy) is 1. The number of nitrogens with zero attached hydrogens (tertiary/aromatic N) is 1. The van der Waals surface area contributed by atoms with Gasteiger partial charge in [0.2, 0.25) is 0 Å². The van der Waals surface area contributed by atoms with Gasteiger partial charge in [0.25, 0.3) is 0 Å². The lowest BCUT2D eigenvalue weighted by Gasteiger charge is -2.44. The summed E-state index contributed by atoms with van der Waals surface area (Å²) >= 11 is 0. The van der Waals surface area contributed by atoms with Crippen LogP contribution < -0.4 is 10.1 Å². The quantitative estimate of drug-likeness (QED) is 0.888. The minimum Gasteiger partial charge on any atom is -0.497 e. The van der Waals surface area contributed by atoms with Gasteiger partial charge in [-0.15, -0.1) is 0 Å². The zero-order chi connectivity index (χ0) is 15.5. The lowest BCUT2D eigenvalue weighted by molar-refractivity contribution is 0.167. The van der Waals surface area contributed by atoms with Crippen LogP contribution in [0.5, 0.6) is 5.75 Å². The Labute approximate surface area is 128 Å². The number of benzene rings is 1. The molecule has 0 spiro atoms. The zero-order valence-corrected chi connectivity index (χ0v) is 13.5. The predicted octanol–water partition coefficient (Wildman–Crippen LogP) is 4.46. The van der Waals surface area contributed by atoms with Crippen molar-refractivity contribution in [2.24, 2.45) is 17.8 Å². The minimum atomic E-state index is -0.458. The molecule has 1 aliphatic rings. The first-order chi connectivity index (χ1) is 10.0. The SMILES string of the molecule is COc1ccc(NC2(C#N)CC(C)CCC2C(C)C)cc1. The first kappa shape index (κ1) is 15.7. The maximum absolute atomic E-state index is 9.90. The van der Waals surface area contributed by atoms with E-state index in [-0.39, 0.29) is 0 Å². The first-order valence-corrected chi connectivity index (χ1v) is 7.84. The van der Waals surface area contributed by atoms with E-state index in [2.05, 4.69) is 32.2 Å². The Balaban J connectivity index is 2.27. The van der Waals surface area contributed by atoms with Gasteiger partial charge in [-0.25, -0.2) is 0 Å². The van der Waals surface area contributed by atoms with Crippen molar-refractivity contribution in [1.29, 1.82) is 5.26 Å². The molecule has 0 amide bonds. The van der Waals surface area contributed by atoms with Crippen LogP contribution in [0.3, 0.4) is 0 Å². The van der Waals surface area contributed by atoms with Crippen molar-refractivity contribution >= 4 is 5.69 Å². The summed E-state index contributed by atoms with van der Waals surface area (Å²) in [5, 5.41) is 13.4. The van der Waals surface area contributed by atoms with Gasteiger partial charge in [0.05, 0.1) is 13.2 Å². The Hall–Kier alpha value is -1.69.